The van der Waals surface area contributed by atoms with Crippen molar-refractivity contribution in [1.82, 2.24) is 10.2 Å². The summed E-state index contributed by atoms with van der Waals surface area (Å²) in [4.78, 5) is 41.7. The SMILES string of the molecule is CCCCCNC(=O)[C@@H]1[C@H]2C=C[C@@H](C)[C@@H](C(=O)OCC)[C@H]2C(=O)N1[C@@H](CO)Cc1ccccc1. The Kier molecular flexibility index (Phi) is 9.28. The van der Waals surface area contributed by atoms with Gasteiger partial charge in [0.25, 0.3) is 0 Å². The second-order valence-electron chi connectivity index (χ2n) is 9.34. The number of aliphatic hydroxyl groups excluding tert-OH is 1. The molecule has 1 fully saturated rings. The smallest absolute Gasteiger partial charge is 0.310 e. The Balaban J connectivity index is 1.95. The van der Waals surface area contributed by atoms with Gasteiger partial charge in [0.2, 0.25) is 11.8 Å². The van der Waals surface area contributed by atoms with Crippen LogP contribution in [0.2, 0.25) is 0 Å². The third-order valence-corrected chi connectivity index (χ3v) is 7.03. The van der Waals surface area contributed by atoms with Crippen molar-refractivity contribution >= 4 is 17.8 Å². The van der Waals surface area contributed by atoms with E-state index in [1.165, 1.54) is 0 Å². The first-order valence-electron chi connectivity index (χ1n) is 12.5. The number of amides is 2. The minimum Gasteiger partial charge on any atom is -0.466 e. The van der Waals surface area contributed by atoms with E-state index in [1.807, 2.05) is 49.4 Å². The number of nitrogens with zero attached hydrogens (tertiary/aromatic N) is 1. The molecule has 7 heteroatoms. The predicted molar refractivity (Wildman–Crippen MR) is 130 cm³/mol. The number of rotatable bonds is 11. The van der Waals surface area contributed by atoms with E-state index in [4.69, 9.17) is 4.74 Å². The molecule has 0 spiro atoms. The first-order valence-corrected chi connectivity index (χ1v) is 12.5. The highest BCUT2D eigenvalue weighted by atomic mass is 16.5. The highest BCUT2D eigenvalue weighted by Gasteiger charge is 2.58. The van der Waals surface area contributed by atoms with Gasteiger partial charge in [-0.3, -0.25) is 14.4 Å². The average Bonchev–Trinajstić information content (AvgIpc) is 3.13. The molecule has 1 aliphatic carbocycles. The molecule has 6 atom stereocenters. The van der Waals surface area contributed by atoms with Crippen LogP contribution in [0.25, 0.3) is 0 Å². The highest BCUT2D eigenvalue weighted by Crippen LogP contribution is 2.45. The number of benzene rings is 1. The van der Waals surface area contributed by atoms with Crippen molar-refractivity contribution < 1.29 is 24.2 Å². The fourth-order valence-electron chi connectivity index (χ4n) is 5.36. The lowest BCUT2D eigenvalue weighted by Gasteiger charge is -2.33. The van der Waals surface area contributed by atoms with E-state index < -0.39 is 35.8 Å². The third kappa shape index (κ3) is 5.52. The second-order valence-corrected chi connectivity index (χ2v) is 9.34. The van der Waals surface area contributed by atoms with E-state index in [2.05, 4.69) is 12.2 Å². The van der Waals surface area contributed by atoms with Gasteiger partial charge in [-0.1, -0.05) is 69.2 Å². The Labute approximate surface area is 202 Å². The molecule has 34 heavy (non-hydrogen) atoms. The van der Waals surface area contributed by atoms with E-state index in [0.717, 1.165) is 24.8 Å². The first-order chi connectivity index (χ1) is 16.4. The first kappa shape index (κ1) is 25.9. The number of ether oxygens (including phenoxy) is 1. The van der Waals surface area contributed by atoms with Crippen LogP contribution in [0.4, 0.5) is 0 Å². The quantitative estimate of drug-likeness (QED) is 0.295. The van der Waals surface area contributed by atoms with Crippen LogP contribution in [0, 0.1) is 23.7 Å². The molecule has 0 radical (unpaired) electrons. The lowest BCUT2D eigenvalue weighted by molar-refractivity contribution is -0.155. The van der Waals surface area contributed by atoms with E-state index in [-0.39, 0.29) is 30.9 Å². The van der Waals surface area contributed by atoms with Crippen LogP contribution in [0.3, 0.4) is 0 Å². The van der Waals surface area contributed by atoms with E-state index in [9.17, 15) is 19.5 Å². The summed E-state index contributed by atoms with van der Waals surface area (Å²) in [5.41, 5.74) is 0.970. The normalized spacial score (nSPS) is 26.8. The van der Waals surface area contributed by atoms with Crippen molar-refractivity contribution in [2.45, 2.75) is 58.5 Å². The van der Waals surface area contributed by atoms with E-state index in [1.54, 1.807) is 11.8 Å². The molecule has 1 aromatic carbocycles. The Morgan fingerprint density at radius 2 is 1.88 bits per heavy atom. The van der Waals surface area contributed by atoms with E-state index in [0.29, 0.717) is 13.0 Å². The third-order valence-electron chi connectivity index (χ3n) is 7.03. The Morgan fingerprint density at radius 1 is 1.15 bits per heavy atom. The Hall–Kier alpha value is -2.67. The van der Waals surface area contributed by atoms with Crippen LogP contribution in [-0.2, 0) is 25.5 Å². The lowest BCUT2D eigenvalue weighted by atomic mass is 9.70. The summed E-state index contributed by atoms with van der Waals surface area (Å²) in [7, 11) is 0. The molecular weight excluding hydrogens is 432 g/mol. The minimum atomic E-state index is -0.777. The molecule has 0 saturated carbocycles. The van der Waals surface area contributed by atoms with Gasteiger partial charge in [0.1, 0.15) is 6.04 Å². The van der Waals surface area contributed by atoms with Crippen molar-refractivity contribution in [3.8, 4) is 0 Å². The van der Waals surface area contributed by atoms with Gasteiger partial charge in [-0.15, -0.1) is 0 Å². The maximum Gasteiger partial charge on any atom is 0.310 e. The van der Waals surface area contributed by atoms with Crippen molar-refractivity contribution in [2.75, 3.05) is 19.8 Å². The maximum absolute atomic E-state index is 13.9. The summed E-state index contributed by atoms with van der Waals surface area (Å²) in [6.07, 6.45) is 7.17. The maximum atomic E-state index is 13.9. The minimum absolute atomic E-state index is 0.181. The molecule has 0 bridgehead atoms. The fraction of sp³-hybridized carbons (Fsp3) is 0.593. The number of hydrogen-bond acceptors (Lipinski definition) is 5. The molecule has 0 unspecified atom stereocenters. The van der Waals surface area contributed by atoms with Gasteiger partial charge >= 0.3 is 5.97 Å². The topological polar surface area (TPSA) is 95.9 Å². The highest BCUT2D eigenvalue weighted by molar-refractivity contribution is 5.96. The summed E-state index contributed by atoms with van der Waals surface area (Å²) < 4.78 is 5.32. The molecule has 3 rings (SSSR count). The number of hydrogen-bond donors (Lipinski definition) is 2. The number of carbonyl (C=O) groups is 3. The molecule has 1 saturated heterocycles. The summed E-state index contributed by atoms with van der Waals surface area (Å²) in [6, 6.07) is 8.27. The molecule has 1 heterocycles. The van der Waals surface area contributed by atoms with Crippen LogP contribution in [0.5, 0.6) is 0 Å². The molecule has 0 aromatic heterocycles. The van der Waals surface area contributed by atoms with Gasteiger partial charge in [-0.25, -0.2) is 0 Å². The van der Waals surface area contributed by atoms with Gasteiger partial charge in [-0.2, -0.15) is 0 Å². The van der Waals surface area contributed by atoms with Crippen molar-refractivity contribution in [1.29, 1.82) is 0 Å². The van der Waals surface area contributed by atoms with Crippen molar-refractivity contribution in [2.24, 2.45) is 23.7 Å². The number of unbranched alkanes of at least 4 members (excludes halogenated alkanes) is 2. The van der Waals surface area contributed by atoms with Crippen LogP contribution >= 0.6 is 0 Å². The monoisotopic (exact) mass is 470 g/mol. The van der Waals surface area contributed by atoms with Crippen LogP contribution in [-0.4, -0.2) is 59.6 Å². The molecule has 2 amide bonds. The largest absolute Gasteiger partial charge is 0.466 e. The molecule has 186 valence electrons. The van der Waals surface area contributed by atoms with Crippen LogP contribution in [0.1, 0.15) is 45.6 Å². The van der Waals surface area contributed by atoms with Gasteiger partial charge in [-0.05, 0) is 31.2 Å². The lowest BCUT2D eigenvalue weighted by Crippen LogP contribution is -2.53. The summed E-state index contributed by atoms with van der Waals surface area (Å²) in [6.45, 7) is 6.24. The number of carbonyl (C=O) groups excluding carboxylic acids is 3. The standard InChI is InChI=1S/C27H38N2O5/c1-4-6-10-15-28-25(31)24-21-14-13-18(3)22(27(33)34-5-2)23(21)26(32)29(24)20(17-30)16-19-11-8-7-9-12-19/h7-9,11-14,18,20-24,30H,4-6,10,15-17H2,1-3H3,(H,28,31)/t18-,20-,21+,22-,23+,24+/m1/s1. The van der Waals surface area contributed by atoms with Crippen LogP contribution in [0.15, 0.2) is 42.5 Å². The zero-order chi connectivity index (χ0) is 24.7. The number of fused-ring (bicyclic) bond motifs is 1. The molecule has 7 nitrogen and oxygen atoms in total. The number of likely N-dealkylation sites (tertiary alicyclic amines) is 1. The van der Waals surface area contributed by atoms with Gasteiger partial charge < -0.3 is 20.1 Å². The van der Waals surface area contributed by atoms with Crippen molar-refractivity contribution in [3.05, 3.63) is 48.0 Å². The summed E-state index contributed by atoms with van der Waals surface area (Å²) in [5, 5.41) is 13.3. The van der Waals surface area contributed by atoms with Crippen LogP contribution < -0.4 is 5.32 Å². The van der Waals surface area contributed by atoms with Crippen molar-refractivity contribution in [3.63, 3.8) is 0 Å². The Bertz CT molecular complexity index is 871. The number of allylic oxidation sites excluding steroid dienone is 1. The van der Waals surface area contributed by atoms with Gasteiger partial charge in [0.05, 0.1) is 31.1 Å². The Morgan fingerprint density at radius 3 is 2.53 bits per heavy atom. The average molecular weight is 471 g/mol. The number of aliphatic hydroxyl groups is 1. The molecule has 1 aliphatic heterocycles. The molecule has 2 N–H and O–H groups in total. The summed E-state index contributed by atoms with van der Waals surface area (Å²) >= 11 is 0. The zero-order valence-corrected chi connectivity index (χ0v) is 20.5. The number of esters is 1. The van der Waals surface area contributed by atoms with Gasteiger partial charge in [0.15, 0.2) is 0 Å². The number of nitrogens with one attached hydrogen (secondary N) is 1. The van der Waals surface area contributed by atoms with E-state index >= 15 is 0 Å². The molecular formula is C27H38N2O5. The second kappa shape index (κ2) is 12.2. The molecule has 2 aliphatic rings. The summed E-state index contributed by atoms with van der Waals surface area (Å²) in [5.74, 6) is -2.87. The van der Waals surface area contributed by atoms with Gasteiger partial charge in [0, 0.05) is 12.5 Å². The predicted octanol–water partition coefficient (Wildman–Crippen LogP) is 2.72. The molecule has 1 aromatic rings. The zero-order valence-electron chi connectivity index (χ0n) is 20.5. The fourth-order valence-corrected chi connectivity index (χ4v) is 5.36.